The minimum Gasteiger partial charge on any atom is -0.388 e. The monoisotopic (exact) mass is 264 g/mol. The number of amides is 1. The number of rotatable bonds is 3. The summed E-state index contributed by atoms with van der Waals surface area (Å²) in [4.78, 5) is 18.3. The Hall–Kier alpha value is -1.69. The van der Waals surface area contributed by atoms with Gasteiger partial charge in [-0.15, -0.1) is 0 Å². The zero-order valence-electron chi connectivity index (χ0n) is 10.2. The molecule has 2 heterocycles. The largest absolute Gasteiger partial charge is 0.388 e. The van der Waals surface area contributed by atoms with Gasteiger partial charge in [-0.05, 0) is 25.0 Å². The van der Waals surface area contributed by atoms with Crippen LogP contribution in [0.5, 0.6) is 0 Å². The Morgan fingerprint density at radius 1 is 1.67 bits per heavy atom. The topological polar surface area (TPSA) is 71.2 Å². The lowest BCUT2D eigenvalue weighted by Crippen LogP contribution is -2.42. The third-order valence-corrected chi connectivity index (χ3v) is 3.32. The summed E-state index contributed by atoms with van der Waals surface area (Å²) >= 11 is 5.01. The van der Waals surface area contributed by atoms with Gasteiger partial charge in [0, 0.05) is 19.8 Å². The number of nitrogens with zero attached hydrogens (tertiary/aromatic N) is 2. The third kappa shape index (κ3) is 2.28. The predicted octanol–water partition coefficient (Wildman–Crippen LogP) is 0.431. The van der Waals surface area contributed by atoms with E-state index >= 15 is 0 Å². The summed E-state index contributed by atoms with van der Waals surface area (Å²) in [5, 5.41) is 2.69. The average Bonchev–Trinajstić information content (AvgIpc) is 2.86. The molecule has 3 N–H and O–H groups in total. The van der Waals surface area contributed by atoms with Gasteiger partial charge in [0.2, 0.25) is 5.91 Å². The van der Waals surface area contributed by atoms with E-state index in [0.717, 1.165) is 25.1 Å². The van der Waals surface area contributed by atoms with Crippen LogP contribution in [0.4, 0.5) is 5.69 Å². The summed E-state index contributed by atoms with van der Waals surface area (Å²) in [6.07, 6.45) is 3.47. The Labute approximate surface area is 111 Å². The van der Waals surface area contributed by atoms with Crippen LogP contribution in [-0.4, -0.2) is 35.5 Å². The van der Waals surface area contributed by atoms with Crippen LogP contribution < -0.4 is 16.0 Å². The maximum absolute atomic E-state index is 11.8. The fraction of sp³-hybridized carbons (Fsp3) is 0.417. The van der Waals surface area contributed by atoms with Crippen molar-refractivity contribution in [2.75, 3.05) is 18.5 Å². The van der Waals surface area contributed by atoms with Crippen molar-refractivity contribution in [2.45, 2.75) is 18.9 Å². The second kappa shape index (κ2) is 5.30. The lowest BCUT2D eigenvalue weighted by atomic mass is 10.2. The SMILES string of the molecule is CNC(=O)C1CCCN1c1cccnc1C(N)=S. The Morgan fingerprint density at radius 2 is 2.44 bits per heavy atom. The smallest absolute Gasteiger partial charge is 0.242 e. The summed E-state index contributed by atoms with van der Waals surface area (Å²) in [6.45, 7) is 0.819. The summed E-state index contributed by atoms with van der Waals surface area (Å²) in [5.41, 5.74) is 7.11. The molecule has 0 aliphatic carbocycles. The Kier molecular flexibility index (Phi) is 3.76. The highest BCUT2D eigenvalue weighted by molar-refractivity contribution is 7.80. The molecule has 6 heteroatoms. The molecule has 0 aromatic carbocycles. The third-order valence-electron chi connectivity index (χ3n) is 3.13. The maximum Gasteiger partial charge on any atom is 0.242 e. The molecule has 0 spiro atoms. The van der Waals surface area contributed by atoms with Gasteiger partial charge in [0.15, 0.2) is 0 Å². The highest BCUT2D eigenvalue weighted by atomic mass is 32.1. The molecule has 96 valence electrons. The maximum atomic E-state index is 11.8. The first-order valence-corrected chi connectivity index (χ1v) is 6.29. The van der Waals surface area contributed by atoms with Gasteiger partial charge >= 0.3 is 0 Å². The summed E-state index contributed by atoms with van der Waals surface area (Å²) in [5.74, 6) is 0.0187. The van der Waals surface area contributed by atoms with Crippen molar-refractivity contribution in [3.63, 3.8) is 0 Å². The van der Waals surface area contributed by atoms with Gasteiger partial charge in [-0.1, -0.05) is 12.2 Å². The molecule has 1 aromatic rings. The second-order valence-corrected chi connectivity index (χ2v) is 4.64. The molecule has 0 radical (unpaired) electrons. The zero-order chi connectivity index (χ0) is 13.1. The van der Waals surface area contributed by atoms with Crippen molar-refractivity contribution < 1.29 is 4.79 Å². The molecule has 18 heavy (non-hydrogen) atoms. The molecule has 2 rings (SSSR count). The standard InChI is InChI=1S/C12H16N4OS/c1-14-12(17)9-5-3-7-16(9)8-4-2-6-15-10(8)11(13)18/h2,4,6,9H,3,5,7H2,1H3,(H2,13,18)(H,14,17). The van der Waals surface area contributed by atoms with Gasteiger partial charge in [0.05, 0.1) is 5.69 Å². The summed E-state index contributed by atoms with van der Waals surface area (Å²) in [6, 6.07) is 3.58. The molecule has 5 nitrogen and oxygen atoms in total. The molecule has 1 aromatic heterocycles. The first-order chi connectivity index (χ1) is 8.65. The van der Waals surface area contributed by atoms with Crippen LogP contribution in [0.1, 0.15) is 18.5 Å². The van der Waals surface area contributed by atoms with Crippen LogP contribution in [0.3, 0.4) is 0 Å². The summed E-state index contributed by atoms with van der Waals surface area (Å²) in [7, 11) is 1.65. The van der Waals surface area contributed by atoms with Gasteiger partial charge in [-0.2, -0.15) is 0 Å². The van der Waals surface area contributed by atoms with E-state index in [1.165, 1.54) is 0 Å². The van der Waals surface area contributed by atoms with Crippen LogP contribution in [0.2, 0.25) is 0 Å². The van der Waals surface area contributed by atoms with Crippen LogP contribution in [0.15, 0.2) is 18.3 Å². The number of hydrogen-bond donors (Lipinski definition) is 2. The van der Waals surface area contributed by atoms with Gasteiger partial charge in [-0.25, -0.2) is 0 Å². The number of pyridine rings is 1. The molecule has 1 fully saturated rings. The van der Waals surface area contributed by atoms with Gasteiger partial charge in [0.25, 0.3) is 0 Å². The second-order valence-electron chi connectivity index (χ2n) is 4.20. The molecule has 1 unspecified atom stereocenters. The minimum atomic E-state index is -0.160. The fourth-order valence-electron chi connectivity index (χ4n) is 2.31. The highest BCUT2D eigenvalue weighted by Crippen LogP contribution is 2.27. The number of carbonyl (C=O) groups excluding carboxylic acids is 1. The van der Waals surface area contributed by atoms with Crippen LogP contribution in [-0.2, 0) is 4.79 Å². The molecule has 0 saturated carbocycles. The molecule has 1 atom stereocenters. The van der Waals surface area contributed by atoms with Crippen molar-refractivity contribution >= 4 is 28.8 Å². The van der Waals surface area contributed by atoms with Gasteiger partial charge < -0.3 is 16.0 Å². The van der Waals surface area contributed by atoms with E-state index in [1.54, 1.807) is 13.2 Å². The molecule has 1 saturated heterocycles. The number of anilines is 1. The van der Waals surface area contributed by atoms with Crippen molar-refractivity contribution in [3.05, 3.63) is 24.0 Å². The molecule has 1 aliphatic rings. The van der Waals surface area contributed by atoms with Crippen molar-refractivity contribution in [3.8, 4) is 0 Å². The number of nitrogens with one attached hydrogen (secondary N) is 1. The van der Waals surface area contributed by atoms with Gasteiger partial charge in [0.1, 0.15) is 16.7 Å². The predicted molar refractivity (Wildman–Crippen MR) is 74.6 cm³/mol. The number of hydrogen-bond acceptors (Lipinski definition) is 4. The van der Waals surface area contributed by atoms with Crippen LogP contribution in [0.25, 0.3) is 0 Å². The lowest BCUT2D eigenvalue weighted by Gasteiger charge is -2.26. The van der Waals surface area contributed by atoms with Crippen LogP contribution in [0, 0.1) is 0 Å². The molecule has 1 aliphatic heterocycles. The molecule has 0 bridgehead atoms. The lowest BCUT2D eigenvalue weighted by molar-refractivity contribution is -0.121. The molecular weight excluding hydrogens is 248 g/mol. The minimum absolute atomic E-state index is 0.0187. The Bertz CT molecular complexity index is 477. The van der Waals surface area contributed by atoms with E-state index in [1.807, 2.05) is 17.0 Å². The van der Waals surface area contributed by atoms with E-state index in [-0.39, 0.29) is 16.9 Å². The van der Waals surface area contributed by atoms with E-state index in [0.29, 0.717) is 5.69 Å². The first kappa shape index (κ1) is 12.8. The highest BCUT2D eigenvalue weighted by Gasteiger charge is 2.31. The molecular formula is C12H16N4OS. The number of nitrogens with two attached hydrogens (primary N) is 1. The number of aromatic nitrogens is 1. The van der Waals surface area contributed by atoms with E-state index in [2.05, 4.69) is 10.3 Å². The zero-order valence-corrected chi connectivity index (χ0v) is 11.0. The summed E-state index contributed by atoms with van der Waals surface area (Å²) < 4.78 is 0. The van der Waals surface area contributed by atoms with E-state index < -0.39 is 0 Å². The van der Waals surface area contributed by atoms with Crippen LogP contribution >= 0.6 is 12.2 Å². The van der Waals surface area contributed by atoms with Crippen molar-refractivity contribution in [1.82, 2.24) is 10.3 Å². The van der Waals surface area contributed by atoms with E-state index in [9.17, 15) is 4.79 Å². The Morgan fingerprint density at radius 3 is 3.11 bits per heavy atom. The van der Waals surface area contributed by atoms with E-state index in [4.69, 9.17) is 18.0 Å². The van der Waals surface area contributed by atoms with Crippen molar-refractivity contribution in [2.24, 2.45) is 5.73 Å². The molecule has 1 amide bonds. The number of carbonyl (C=O) groups is 1. The normalized spacial score (nSPS) is 18.7. The first-order valence-electron chi connectivity index (χ1n) is 5.88. The van der Waals surface area contributed by atoms with Crippen molar-refractivity contribution in [1.29, 1.82) is 0 Å². The number of thiocarbonyl (C=S) groups is 1. The Balaban J connectivity index is 2.36. The number of likely N-dealkylation sites (N-methyl/N-ethyl adjacent to an activating group) is 1. The fourth-order valence-corrected chi connectivity index (χ4v) is 2.47. The quantitative estimate of drug-likeness (QED) is 0.775. The average molecular weight is 264 g/mol. The van der Waals surface area contributed by atoms with Gasteiger partial charge in [-0.3, -0.25) is 9.78 Å².